The third-order valence-corrected chi connectivity index (χ3v) is 4.32. The molecule has 3 nitrogen and oxygen atoms in total. The molecule has 0 aromatic carbocycles. The Balaban J connectivity index is 1.76. The largest absolute Gasteiger partial charge is 0.355 e. The molecule has 0 atom stereocenters. The van der Waals surface area contributed by atoms with E-state index in [-0.39, 0.29) is 5.82 Å². The second-order valence-corrected chi connectivity index (χ2v) is 6.12. The second kappa shape index (κ2) is 5.45. The van der Waals surface area contributed by atoms with E-state index in [0.29, 0.717) is 6.04 Å². The van der Waals surface area contributed by atoms with Crippen molar-refractivity contribution in [2.24, 2.45) is 0 Å². The molecule has 18 heavy (non-hydrogen) atoms. The minimum atomic E-state index is -0.238. The minimum absolute atomic E-state index is 0.238. The smallest absolute Gasteiger partial charge is 0.141 e. The van der Waals surface area contributed by atoms with Crippen LogP contribution in [0.3, 0.4) is 0 Å². The number of thioether (sulfide) groups is 1. The molecule has 2 aliphatic rings. The van der Waals surface area contributed by atoms with E-state index in [4.69, 9.17) is 0 Å². The first-order valence-electron chi connectivity index (χ1n) is 6.53. The summed E-state index contributed by atoms with van der Waals surface area (Å²) in [6.45, 7) is 2.76. The Kier molecular flexibility index (Phi) is 3.70. The van der Waals surface area contributed by atoms with Crippen LogP contribution in [0.5, 0.6) is 0 Å². The van der Waals surface area contributed by atoms with Crippen molar-refractivity contribution < 1.29 is 4.39 Å². The summed E-state index contributed by atoms with van der Waals surface area (Å²) in [6, 6.07) is 2.26. The highest BCUT2D eigenvalue weighted by Gasteiger charge is 2.22. The Bertz CT molecular complexity index is 417. The average Bonchev–Trinajstić information content (AvgIpc) is 3.21. The number of pyridine rings is 1. The summed E-state index contributed by atoms with van der Waals surface area (Å²) in [7, 11) is 0. The maximum absolute atomic E-state index is 13.3. The molecule has 0 bridgehead atoms. The Labute approximate surface area is 111 Å². The zero-order valence-corrected chi connectivity index (χ0v) is 11.2. The Hall–Kier alpha value is -0.810. The molecule has 1 saturated heterocycles. The zero-order valence-electron chi connectivity index (χ0n) is 10.4. The Morgan fingerprint density at radius 3 is 2.89 bits per heavy atom. The molecule has 2 heterocycles. The van der Waals surface area contributed by atoms with E-state index in [0.717, 1.165) is 42.5 Å². The van der Waals surface area contributed by atoms with Gasteiger partial charge in [0.1, 0.15) is 11.6 Å². The van der Waals surface area contributed by atoms with Gasteiger partial charge in [-0.1, -0.05) is 0 Å². The molecule has 3 rings (SSSR count). The summed E-state index contributed by atoms with van der Waals surface area (Å²) in [4.78, 5) is 6.58. The maximum atomic E-state index is 13.3. The van der Waals surface area contributed by atoms with Gasteiger partial charge >= 0.3 is 0 Å². The van der Waals surface area contributed by atoms with Crippen LogP contribution >= 0.6 is 11.8 Å². The first kappa shape index (κ1) is 12.2. The van der Waals surface area contributed by atoms with Gasteiger partial charge in [0, 0.05) is 42.7 Å². The molecule has 2 fully saturated rings. The molecule has 98 valence electrons. The van der Waals surface area contributed by atoms with Crippen molar-refractivity contribution in [1.82, 2.24) is 10.3 Å². The lowest BCUT2D eigenvalue weighted by atomic mass is 10.2. The van der Waals surface area contributed by atoms with E-state index in [1.54, 1.807) is 6.07 Å². The molecule has 1 aliphatic heterocycles. The number of hydrogen-bond donors (Lipinski definition) is 1. The van der Waals surface area contributed by atoms with Crippen molar-refractivity contribution in [1.29, 1.82) is 0 Å². The van der Waals surface area contributed by atoms with Crippen molar-refractivity contribution in [2.75, 3.05) is 29.5 Å². The predicted octanol–water partition coefficient (Wildman–Crippen LogP) is 2.03. The lowest BCUT2D eigenvalue weighted by molar-refractivity contribution is 0.610. The van der Waals surface area contributed by atoms with Crippen molar-refractivity contribution in [3.05, 3.63) is 23.6 Å². The molecule has 1 aliphatic carbocycles. The topological polar surface area (TPSA) is 28.2 Å². The van der Waals surface area contributed by atoms with Gasteiger partial charge in [0.2, 0.25) is 0 Å². The average molecular weight is 267 g/mol. The van der Waals surface area contributed by atoms with Crippen molar-refractivity contribution in [3.8, 4) is 0 Å². The molecule has 1 saturated carbocycles. The van der Waals surface area contributed by atoms with Crippen LogP contribution in [-0.4, -0.2) is 35.6 Å². The maximum Gasteiger partial charge on any atom is 0.141 e. The number of nitrogens with zero attached hydrogens (tertiary/aromatic N) is 2. The monoisotopic (exact) mass is 267 g/mol. The molecule has 5 heteroatoms. The summed E-state index contributed by atoms with van der Waals surface area (Å²) in [6.07, 6.45) is 3.83. The third kappa shape index (κ3) is 2.95. The summed E-state index contributed by atoms with van der Waals surface area (Å²) >= 11 is 1.97. The second-order valence-electron chi connectivity index (χ2n) is 4.89. The molecule has 0 radical (unpaired) electrons. The molecular formula is C13H18FN3S. The van der Waals surface area contributed by atoms with E-state index in [1.807, 2.05) is 11.8 Å². The predicted molar refractivity (Wildman–Crippen MR) is 73.6 cm³/mol. The minimum Gasteiger partial charge on any atom is -0.355 e. The standard InChI is InChI=1S/C13H18FN3S/c14-11-7-10(8-15-12-1-2-12)13(16-9-11)17-3-5-18-6-4-17/h7,9,12,15H,1-6,8H2. The normalized spacial score (nSPS) is 20.2. The summed E-state index contributed by atoms with van der Waals surface area (Å²) in [5.41, 5.74) is 0.994. The highest BCUT2D eigenvalue weighted by atomic mass is 32.2. The van der Waals surface area contributed by atoms with Gasteiger partial charge in [-0.25, -0.2) is 9.37 Å². The van der Waals surface area contributed by atoms with Gasteiger partial charge in [0.25, 0.3) is 0 Å². The van der Waals surface area contributed by atoms with Crippen LogP contribution in [0.15, 0.2) is 12.3 Å². The van der Waals surface area contributed by atoms with E-state index in [1.165, 1.54) is 19.0 Å². The fourth-order valence-corrected chi connectivity index (χ4v) is 3.11. The van der Waals surface area contributed by atoms with Crippen molar-refractivity contribution in [3.63, 3.8) is 0 Å². The lowest BCUT2D eigenvalue weighted by Crippen LogP contribution is -2.34. The zero-order chi connectivity index (χ0) is 12.4. The van der Waals surface area contributed by atoms with Crippen LogP contribution in [0, 0.1) is 5.82 Å². The molecule has 1 aromatic rings. The number of aromatic nitrogens is 1. The van der Waals surface area contributed by atoms with E-state index in [2.05, 4.69) is 15.2 Å². The third-order valence-electron chi connectivity index (χ3n) is 3.38. The molecule has 0 unspecified atom stereocenters. The van der Waals surface area contributed by atoms with E-state index >= 15 is 0 Å². The van der Waals surface area contributed by atoms with Crippen LogP contribution < -0.4 is 10.2 Å². The first-order chi connectivity index (χ1) is 8.83. The van der Waals surface area contributed by atoms with Gasteiger partial charge in [-0.2, -0.15) is 11.8 Å². The SMILES string of the molecule is Fc1cnc(N2CCSCC2)c(CNC2CC2)c1. The molecule has 1 N–H and O–H groups in total. The Morgan fingerprint density at radius 1 is 1.39 bits per heavy atom. The quantitative estimate of drug-likeness (QED) is 0.903. The van der Waals surface area contributed by atoms with Gasteiger partial charge in [0.15, 0.2) is 0 Å². The van der Waals surface area contributed by atoms with Gasteiger partial charge < -0.3 is 10.2 Å². The van der Waals surface area contributed by atoms with Gasteiger partial charge in [0.05, 0.1) is 6.20 Å². The van der Waals surface area contributed by atoms with Gasteiger partial charge in [-0.15, -0.1) is 0 Å². The summed E-state index contributed by atoms with van der Waals surface area (Å²) in [5, 5.41) is 3.44. The number of rotatable bonds is 4. The van der Waals surface area contributed by atoms with E-state index in [9.17, 15) is 4.39 Å². The number of hydrogen-bond acceptors (Lipinski definition) is 4. The fraction of sp³-hybridized carbons (Fsp3) is 0.615. The van der Waals surface area contributed by atoms with Crippen LogP contribution in [0.25, 0.3) is 0 Å². The van der Waals surface area contributed by atoms with Crippen LogP contribution in [0.4, 0.5) is 10.2 Å². The van der Waals surface area contributed by atoms with Crippen LogP contribution in [0.2, 0.25) is 0 Å². The molecule has 0 amide bonds. The van der Waals surface area contributed by atoms with Crippen LogP contribution in [0.1, 0.15) is 18.4 Å². The summed E-state index contributed by atoms with van der Waals surface area (Å²) in [5.74, 6) is 2.99. The number of halogens is 1. The van der Waals surface area contributed by atoms with E-state index < -0.39 is 0 Å². The van der Waals surface area contributed by atoms with Crippen LogP contribution in [-0.2, 0) is 6.54 Å². The highest BCUT2D eigenvalue weighted by Crippen LogP contribution is 2.24. The number of anilines is 1. The first-order valence-corrected chi connectivity index (χ1v) is 7.69. The van der Waals surface area contributed by atoms with Crippen molar-refractivity contribution >= 4 is 17.6 Å². The highest BCUT2D eigenvalue weighted by molar-refractivity contribution is 7.99. The van der Waals surface area contributed by atoms with Gasteiger partial charge in [-0.3, -0.25) is 0 Å². The molecule has 0 spiro atoms. The summed E-state index contributed by atoms with van der Waals surface area (Å²) < 4.78 is 13.3. The number of nitrogens with one attached hydrogen (secondary N) is 1. The van der Waals surface area contributed by atoms with Crippen molar-refractivity contribution in [2.45, 2.75) is 25.4 Å². The Morgan fingerprint density at radius 2 is 2.17 bits per heavy atom. The van der Waals surface area contributed by atoms with Gasteiger partial charge in [-0.05, 0) is 18.9 Å². The fourth-order valence-electron chi connectivity index (χ4n) is 2.21. The lowest BCUT2D eigenvalue weighted by Gasteiger charge is -2.29. The molecular weight excluding hydrogens is 249 g/mol. The molecule has 1 aromatic heterocycles.